The predicted octanol–water partition coefficient (Wildman–Crippen LogP) is 3.47. The summed E-state index contributed by atoms with van der Waals surface area (Å²) in [7, 11) is 0. The third-order valence-corrected chi connectivity index (χ3v) is 4.66. The molecule has 3 heteroatoms. The molecule has 0 amide bonds. The highest BCUT2D eigenvalue weighted by Crippen LogP contribution is 2.27. The van der Waals surface area contributed by atoms with Gasteiger partial charge in [-0.15, -0.1) is 0 Å². The minimum absolute atomic E-state index is 0.506. The summed E-state index contributed by atoms with van der Waals surface area (Å²) < 4.78 is 5.39. The summed E-state index contributed by atoms with van der Waals surface area (Å²) in [5.41, 5.74) is 0. The fourth-order valence-corrected chi connectivity index (χ4v) is 3.53. The molecule has 96 valence electrons. The first-order chi connectivity index (χ1) is 8.28. The van der Waals surface area contributed by atoms with Crippen LogP contribution in [-0.2, 0) is 6.42 Å². The molecule has 2 rings (SSSR count). The van der Waals surface area contributed by atoms with Crippen LogP contribution in [0.3, 0.4) is 0 Å². The fourth-order valence-electron chi connectivity index (χ4n) is 2.70. The van der Waals surface area contributed by atoms with Gasteiger partial charge in [0.05, 0.1) is 6.26 Å². The smallest absolute Gasteiger partial charge is 0.105 e. The Bertz CT molecular complexity index is 312. The van der Waals surface area contributed by atoms with E-state index in [1.54, 1.807) is 6.26 Å². The van der Waals surface area contributed by atoms with Gasteiger partial charge in [0.25, 0.3) is 0 Å². The van der Waals surface area contributed by atoms with Crippen molar-refractivity contribution in [3.8, 4) is 0 Å². The first-order valence-corrected chi connectivity index (χ1v) is 7.88. The summed E-state index contributed by atoms with van der Waals surface area (Å²) in [5, 5.41) is 4.61. The SMILES string of the molecule is CSC1CCCC(NC(C)Cc2ccco2)C1. The highest BCUT2D eigenvalue weighted by atomic mass is 32.2. The zero-order valence-corrected chi connectivity index (χ0v) is 11.6. The second kappa shape index (κ2) is 6.50. The summed E-state index contributed by atoms with van der Waals surface area (Å²) >= 11 is 2.02. The maximum atomic E-state index is 5.39. The summed E-state index contributed by atoms with van der Waals surface area (Å²) in [6, 6.07) is 5.23. The Kier molecular flexibility index (Phi) is 4.99. The standard InChI is InChI=1S/C14H23NOS/c1-11(9-13-6-4-8-16-13)15-12-5-3-7-14(10-12)17-2/h4,6,8,11-12,14-15H,3,5,7,9-10H2,1-2H3. The molecule has 1 fully saturated rings. The normalized spacial score (nSPS) is 26.9. The van der Waals surface area contributed by atoms with Gasteiger partial charge in [-0.2, -0.15) is 11.8 Å². The monoisotopic (exact) mass is 253 g/mol. The maximum absolute atomic E-state index is 5.39. The van der Waals surface area contributed by atoms with E-state index in [2.05, 4.69) is 24.6 Å². The fraction of sp³-hybridized carbons (Fsp3) is 0.714. The van der Waals surface area contributed by atoms with Crippen molar-refractivity contribution in [1.29, 1.82) is 0 Å². The third-order valence-electron chi connectivity index (χ3n) is 3.57. The largest absolute Gasteiger partial charge is 0.469 e. The summed E-state index contributed by atoms with van der Waals surface area (Å²) in [6.07, 6.45) is 10.4. The zero-order valence-electron chi connectivity index (χ0n) is 10.8. The van der Waals surface area contributed by atoms with Crippen molar-refractivity contribution in [3.63, 3.8) is 0 Å². The molecule has 1 saturated carbocycles. The van der Waals surface area contributed by atoms with E-state index in [0.717, 1.165) is 17.4 Å². The molecule has 1 heterocycles. The van der Waals surface area contributed by atoms with Gasteiger partial charge in [0.15, 0.2) is 0 Å². The predicted molar refractivity (Wildman–Crippen MR) is 74.6 cm³/mol. The van der Waals surface area contributed by atoms with E-state index >= 15 is 0 Å². The minimum Gasteiger partial charge on any atom is -0.469 e. The number of thioether (sulfide) groups is 1. The second-order valence-corrected chi connectivity index (χ2v) is 6.21. The van der Waals surface area contributed by atoms with E-state index in [0.29, 0.717) is 12.1 Å². The van der Waals surface area contributed by atoms with E-state index in [-0.39, 0.29) is 0 Å². The van der Waals surface area contributed by atoms with Crippen LogP contribution in [0.25, 0.3) is 0 Å². The van der Waals surface area contributed by atoms with E-state index in [4.69, 9.17) is 4.42 Å². The average molecular weight is 253 g/mol. The number of hydrogen-bond donors (Lipinski definition) is 1. The van der Waals surface area contributed by atoms with Gasteiger partial charge in [-0.3, -0.25) is 0 Å². The van der Waals surface area contributed by atoms with Crippen LogP contribution in [0.15, 0.2) is 22.8 Å². The van der Waals surface area contributed by atoms with Crippen LogP contribution in [-0.4, -0.2) is 23.6 Å². The molecule has 17 heavy (non-hydrogen) atoms. The lowest BCUT2D eigenvalue weighted by Gasteiger charge is -2.31. The van der Waals surface area contributed by atoms with E-state index < -0.39 is 0 Å². The molecular formula is C14H23NOS. The van der Waals surface area contributed by atoms with E-state index in [9.17, 15) is 0 Å². The lowest BCUT2D eigenvalue weighted by Crippen LogP contribution is -2.41. The molecule has 1 aromatic rings. The first-order valence-electron chi connectivity index (χ1n) is 6.59. The molecule has 0 aromatic carbocycles. The van der Waals surface area contributed by atoms with Crippen molar-refractivity contribution in [2.24, 2.45) is 0 Å². The molecule has 1 aromatic heterocycles. The molecule has 2 nitrogen and oxygen atoms in total. The van der Waals surface area contributed by atoms with Crippen LogP contribution in [0.5, 0.6) is 0 Å². The first kappa shape index (κ1) is 13.0. The van der Waals surface area contributed by atoms with Gasteiger partial charge in [0.2, 0.25) is 0 Å². The van der Waals surface area contributed by atoms with Gasteiger partial charge in [-0.25, -0.2) is 0 Å². The van der Waals surface area contributed by atoms with Crippen LogP contribution in [0.2, 0.25) is 0 Å². The van der Waals surface area contributed by atoms with Crippen LogP contribution >= 0.6 is 11.8 Å². The lowest BCUT2D eigenvalue weighted by atomic mass is 9.94. The number of furan rings is 1. The molecule has 0 aliphatic heterocycles. The van der Waals surface area contributed by atoms with Crippen LogP contribution in [0.1, 0.15) is 38.4 Å². The van der Waals surface area contributed by atoms with Crippen LogP contribution in [0, 0.1) is 0 Å². The molecule has 0 saturated heterocycles. The van der Waals surface area contributed by atoms with Gasteiger partial charge in [-0.1, -0.05) is 6.42 Å². The molecule has 3 atom stereocenters. The van der Waals surface area contributed by atoms with Crippen molar-refractivity contribution in [2.75, 3.05) is 6.26 Å². The zero-order chi connectivity index (χ0) is 12.1. The lowest BCUT2D eigenvalue weighted by molar-refractivity contribution is 0.340. The number of nitrogens with one attached hydrogen (secondary N) is 1. The Hall–Kier alpha value is -0.410. The molecule has 0 bridgehead atoms. The molecular weight excluding hydrogens is 230 g/mol. The van der Waals surface area contributed by atoms with E-state index in [1.807, 2.05) is 17.8 Å². The summed E-state index contributed by atoms with van der Waals surface area (Å²) in [6.45, 7) is 2.26. The molecule has 1 aliphatic rings. The van der Waals surface area contributed by atoms with Crippen molar-refractivity contribution in [2.45, 2.75) is 56.4 Å². The topological polar surface area (TPSA) is 25.2 Å². The number of hydrogen-bond acceptors (Lipinski definition) is 3. The van der Waals surface area contributed by atoms with Gasteiger partial charge in [0.1, 0.15) is 5.76 Å². The van der Waals surface area contributed by atoms with E-state index in [1.165, 1.54) is 25.7 Å². The van der Waals surface area contributed by atoms with Gasteiger partial charge < -0.3 is 9.73 Å². The van der Waals surface area contributed by atoms with Crippen molar-refractivity contribution >= 4 is 11.8 Å². The maximum Gasteiger partial charge on any atom is 0.105 e. The van der Waals surface area contributed by atoms with Gasteiger partial charge in [-0.05, 0) is 44.6 Å². The highest BCUT2D eigenvalue weighted by molar-refractivity contribution is 7.99. The Labute approximate surface area is 109 Å². The average Bonchev–Trinajstić information content (AvgIpc) is 2.82. The Balaban J connectivity index is 1.76. The van der Waals surface area contributed by atoms with Crippen molar-refractivity contribution in [3.05, 3.63) is 24.2 Å². The van der Waals surface area contributed by atoms with Crippen LogP contribution in [0.4, 0.5) is 0 Å². The van der Waals surface area contributed by atoms with Crippen molar-refractivity contribution in [1.82, 2.24) is 5.32 Å². The third kappa shape index (κ3) is 4.07. The Morgan fingerprint density at radius 2 is 2.41 bits per heavy atom. The molecule has 1 N–H and O–H groups in total. The molecule has 0 radical (unpaired) electrons. The minimum atomic E-state index is 0.506. The summed E-state index contributed by atoms with van der Waals surface area (Å²) in [5.74, 6) is 1.09. The highest BCUT2D eigenvalue weighted by Gasteiger charge is 2.22. The van der Waals surface area contributed by atoms with Crippen LogP contribution < -0.4 is 5.32 Å². The summed E-state index contributed by atoms with van der Waals surface area (Å²) in [4.78, 5) is 0. The van der Waals surface area contributed by atoms with Crippen molar-refractivity contribution < 1.29 is 4.42 Å². The number of rotatable bonds is 5. The molecule has 0 spiro atoms. The molecule has 3 unspecified atom stereocenters. The Morgan fingerprint density at radius 1 is 1.53 bits per heavy atom. The van der Waals surface area contributed by atoms with Gasteiger partial charge >= 0.3 is 0 Å². The second-order valence-electron chi connectivity index (χ2n) is 5.07. The molecule has 1 aliphatic carbocycles. The van der Waals surface area contributed by atoms with Gasteiger partial charge in [0, 0.05) is 23.8 Å². The quantitative estimate of drug-likeness (QED) is 0.870. The Morgan fingerprint density at radius 3 is 3.12 bits per heavy atom.